The lowest BCUT2D eigenvalue weighted by molar-refractivity contribution is -0.117. The second-order valence-corrected chi connectivity index (χ2v) is 10.8. The van der Waals surface area contributed by atoms with E-state index in [2.05, 4.69) is 49.4 Å². The number of fused-ring (bicyclic) bond motifs is 4. The average Bonchev–Trinajstić information content (AvgIpc) is 3.36. The van der Waals surface area contributed by atoms with Gasteiger partial charge < -0.3 is 14.8 Å². The summed E-state index contributed by atoms with van der Waals surface area (Å²) in [5.41, 5.74) is 5.93. The van der Waals surface area contributed by atoms with Crippen LogP contribution in [-0.4, -0.2) is 58.7 Å². The van der Waals surface area contributed by atoms with Gasteiger partial charge in [0.2, 0.25) is 5.91 Å². The number of rotatable bonds is 4. The summed E-state index contributed by atoms with van der Waals surface area (Å²) in [6.45, 7) is 2.62. The standard InChI is InChI=1S/C31H28FN5O3S/c32-26-5-6-27-29(15-26)41-31(35-27)36-30(38)19-37-8-9-39-10-11-40-28-7-4-23(25-16-33-20-34-17-25)14-24(28)13-21-2-1-3-22(12-21)18-37/h1-7,12,14-17,20H,8-11,13,18-19H2,(H,35,36,38). The minimum Gasteiger partial charge on any atom is -0.491 e. The van der Waals surface area contributed by atoms with Crippen molar-refractivity contribution in [1.29, 1.82) is 0 Å². The summed E-state index contributed by atoms with van der Waals surface area (Å²) in [5, 5.41) is 3.33. The molecule has 6 rings (SSSR count). The lowest BCUT2D eigenvalue weighted by atomic mass is 9.98. The number of nitrogens with zero attached hydrogens (tertiary/aromatic N) is 4. The number of benzene rings is 3. The molecule has 0 unspecified atom stereocenters. The van der Waals surface area contributed by atoms with Crippen molar-refractivity contribution in [2.75, 3.05) is 38.2 Å². The number of hydrogen-bond donors (Lipinski definition) is 1. The number of anilines is 1. The van der Waals surface area contributed by atoms with E-state index in [1.54, 1.807) is 18.5 Å². The van der Waals surface area contributed by atoms with Gasteiger partial charge >= 0.3 is 0 Å². The molecule has 0 saturated carbocycles. The highest BCUT2D eigenvalue weighted by atomic mass is 32.1. The Hall–Kier alpha value is -4.25. The van der Waals surface area contributed by atoms with Gasteiger partial charge in [0, 0.05) is 37.5 Å². The van der Waals surface area contributed by atoms with Crippen molar-refractivity contribution in [3.05, 3.63) is 102 Å². The largest absolute Gasteiger partial charge is 0.491 e. The van der Waals surface area contributed by atoms with Gasteiger partial charge in [0.25, 0.3) is 0 Å². The predicted molar refractivity (Wildman–Crippen MR) is 157 cm³/mol. The number of aromatic nitrogens is 3. The molecule has 0 atom stereocenters. The average molecular weight is 570 g/mol. The maximum Gasteiger partial charge on any atom is 0.240 e. The van der Waals surface area contributed by atoms with Crippen LogP contribution in [0.25, 0.3) is 21.3 Å². The molecule has 3 heterocycles. The van der Waals surface area contributed by atoms with Crippen LogP contribution in [0.3, 0.4) is 0 Å². The highest BCUT2D eigenvalue weighted by molar-refractivity contribution is 7.22. The zero-order valence-electron chi connectivity index (χ0n) is 22.3. The molecule has 1 amide bonds. The lowest BCUT2D eigenvalue weighted by Crippen LogP contribution is -2.35. The molecule has 1 N–H and O–H groups in total. The molecular formula is C31H28FN5O3S. The van der Waals surface area contributed by atoms with Crippen LogP contribution in [0.2, 0.25) is 0 Å². The Kier molecular flexibility index (Phi) is 8.22. The summed E-state index contributed by atoms with van der Waals surface area (Å²) in [4.78, 5) is 27.7. The van der Waals surface area contributed by atoms with Crippen molar-refractivity contribution in [1.82, 2.24) is 19.9 Å². The van der Waals surface area contributed by atoms with Crippen molar-refractivity contribution in [2.24, 2.45) is 0 Å². The van der Waals surface area contributed by atoms with Crippen LogP contribution in [0.15, 0.2) is 79.4 Å². The van der Waals surface area contributed by atoms with Crippen molar-refractivity contribution in [3.63, 3.8) is 0 Å². The molecule has 0 spiro atoms. The third-order valence-electron chi connectivity index (χ3n) is 6.75. The fourth-order valence-electron chi connectivity index (χ4n) is 4.84. The maximum absolute atomic E-state index is 13.6. The normalized spacial score (nSPS) is 14.6. The van der Waals surface area contributed by atoms with E-state index in [0.717, 1.165) is 33.6 Å². The topological polar surface area (TPSA) is 89.5 Å². The highest BCUT2D eigenvalue weighted by Gasteiger charge is 2.16. The highest BCUT2D eigenvalue weighted by Crippen LogP contribution is 2.29. The number of hydrogen-bond acceptors (Lipinski definition) is 8. The molecule has 0 aliphatic carbocycles. The van der Waals surface area contributed by atoms with Gasteiger partial charge in [-0.15, -0.1) is 0 Å². The van der Waals surface area contributed by atoms with Gasteiger partial charge in [-0.25, -0.2) is 19.3 Å². The fourth-order valence-corrected chi connectivity index (χ4v) is 5.74. The molecule has 0 fully saturated rings. The van der Waals surface area contributed by atoms with Gasteiger partial charge in [-0.05, 0) is 52.6 Å². The van der Waals surface area contributed by atoms with E-state index < -0.39 is 0 Å². The van der Waals surface area contributed by atoms with Crippen LogP contribution >= 0.6 is 11.3 Å². The summed E-state index contributed by atoms with van der Waals surface area (Å²) in [5.74, 6) is 0.316. The first-order chi connectivity index (χ1) is 20.1. The third-order valence-corrected chi connectivity index (χ3v) is 7.68. The van der Waals surface area contributed by atoms with E-state index in [1.807, 2.05) is 18.2 Å². The van der Waals surface area contributed by atoms with E-state index in [1.165, 1.54) is 29.8 Å². The van der Waals surface area contributed by atoms with Gasteiger partial charge in [-0.1, -0.05) is 41.7 Å². The second kappa shape index (κ2) is 12.5. The van der Waals surface area contributed by atoms with E-state index in [9.17, 15) is 9.18 Å². The van der Waals surface area contributed by atoms with Crippen molar-refractivity contribution < 1.29 is 18.7 Å². The predicted octanol–water partition coefficient (Wildman–Crippen LogP) is 5.33. The zero-order valence-corrected chi connectivity index (χ0v) is 23.1. The SMILES string of the molecule is O=C(CN1CCOCCOc2ccc(-c3cncnc3)cc2Cc2cccc(c2)C1)Nc1nc2ccc(F)cc2s1. The Morgan fingerprint density at radius 1 is 0.976 bits per heavy atom. The van der Waals surface area contributed by atoms with E-state index in [-0.39, 0.29) is 18.3 Å². The monoisotopic (exact) mass is 569 g/mol. The molecule has 0 saturated heterocycles. The van der Waals surface area contributed by atoms with Gasteiger partial charge in [-0.2, -0.15) is 0 Å². The molecule has 5 aromatic rings. The molecular weight excluding hydrogens is 541 g/mol. The van der Waals surface area contributed by atoms with Crippen LogP contribution < -0.4 is 10.1 Å². The molecule has 208 valence electrons. The Labute approximate surface area is 240 Å². The summed E-state index contributed by atoms with van der Waals surface area (Å²) in [6, 6.07) is 18.9. The molecule has 0 radical (unpaired) electrons. The molecule has 2 bridgehead atoms. The van der Waals surface area contributed by atoms with Crippen molar-refractivity contribution in [2.45, 2.75) is 13.0 Å². The Morgan fingerprint density at radius 2 is 1.85 bits per heavy atom. The van der Waals surface area contributed by atoms with Gasteiger partial charge in [0.15, 0.2) is 5.13 Å². The first kappa shape index (κ1) is 26.9. The Balaban J connectivity index is 1.19. The van der Waals surface area contributed by atoms with E-state index in [4.69, 9.17) is 9.47 Å². The Morgan fingerprint density at radius 3 is 2.76 bits per heavy atom. The number of nitrogens with one attached hydrogen (secondary N) is 1. The van der Waals surface area contributed by atoms with Crippen LogP contribution in [-0.2, 0) is 22.5 Å². The number of ether oxygens (including phenoxy) is 2. The maximum atomic E-state index is 13.6. The van der Waals surface area contributed by atoms with Crippen LogP contribution in [0.1, 0.15) is 16.7 Å². The number of thiazole rings is 1. The smallest absolute Gasteiger partial charge is 0.240 e. The van der Waals surface area contributed by atoms with Crippen LogP contribution in [0.4, 0.5) is 9.52 Å². The first-order valence-electron chi connectivity index (χ1n) is 13.3. The van der Waals surface area contributed by atoms with Gasteiger partial charge in [-0.3, -0.25) is 9.69 Å². The molecule has 8 nitrogen and oxygen atoms in total. The summed E-state index contributed by atoms with van der Waals surface area (Å²) in [6.07, 6.45) is 5.81. The van der Waals surface area contributed by atoms with E-state index >= 15 is 0 Å². The minimum atomic E-state index is -0.327. The summed E-state index contributed by atoms with van der Waals surface area (Å²) < 4.78 is 26.2. The Bertz CT molecular complexity index is 1660. The quantitative estimate of drug-likeness (QED) is 0.313. The molecule has 1 aliphatic rings. The van der Waals surface area contributed by atoms with E-state index in [0.29, 0.717) is 54.7 Å². The molecule has 2 aromatic heterocycles. The number of carbonyl (C=O) groups is 1. The molecule has 1 aliphatic heterocycles. The van der Waals surface area contributed by atoms with Crippen LogP contribution in [0, 0.1) is 5.82 Å². The number of halogens is 1. The van der Waals surface area contributed by atoms with Crippen molar-refractivity contribution in [3.8, 4) is 16.9 Å². The first-order valence-corrected chi connectivity index (χ1v) is 14.2. The van der Waals surface area contributed by atoms with Gasteiger partial charge in [0.05, 0.1) is 30.0 Å². The molecule has 41 heavy (non-hydrogen) atoms. The van der Waals surface area contributed by atoms with Crippen molar-refractivity contribution >= 4 is 32.6 Å². The van der Waals surface area contributed by atoms with Gasteiger partial charge in [0.1, 0.15) is 24.5 Å². The van der Waals surface area contributed by atoms with Crippen LogP contribution in [0.5, 0.6) is 5.75 Å². The molecule has 3 aromatic carbocycles. The fraction of sp³-hybridized carbons (Fsp3) is 0.226. The summed E-state index contributed by atoms with van der Waals surface area (Å²) >= 11 is 1.26. The second-order valence-electron chi connectivity index (χ2n) is 9.80. The number of carbonyl (C=O) groups excluding carboxylic acids is 1. The number of amides is 1. The molecule has 10 heteroatoms. The zero-order chi connectivity index (χ0) is 28.0. The third kappa shape index (κ3) is 6.91. The minimum absolute atomic E-state index is 0.166. The lowest BCUT2D eigenvalue weighted by Gasteiger charge is -2.22. The summed E-state index contributed by atoms with van der Waals surface area (Å²) in [7, 11) is 0.